The van der Waals surface area contributed by atoms with Crippen LogP contribution in [-0.4, -0.2) is 99.9 Å². The van der Waals surface area contributed by atoms with E-state index in [-0.39, 0.29) is 0 Å². The Bertz CT molecular complexity index is 981. The highest BCUT2D eigenvalue weighted by Gasteiger charge is 2.13. The highest BCUT2D eigenvalue weighted by atomic mass is 32.1. The first-order valence-corrected chi connectivity index (χ1v) is 12.5. The number of hydrogen-bond donors (Lipinski definition) is 2. The third kappa shape index (κ3) is 8.59. The van der Waals surface area contributed by atoms with Crippen LogP contribution in [-0.2, 0) is 9.47 Å². The number of methoxy groups -OCH3 is 1. The lowest BCUT2D eigenvalue weighted by Crippen LogP contribution is -2.36. The SMILES string of the molecule is CN.CN1CCOCC1.COc1nc(-c2ccc(N3CCOCC3)cc2)cc2nccnc12.CS. The zero-order chi connectivity index (χ0) is 25.5. The number of fused-ring (bicyclic) bond motifs is 1. The van der Waals surface area contributed by atoms with Crippen LogP contribution in [0.1, 0.15) is 0 Å². The maximum absolute atomic E-state index is 5.40. The number of morpholine rings is 2. The van der Waals surface area contributed by atoms with Crippen LogP contribution in [0.5, 0.6) is 5.88 Å². The fraction of sp³-hybridized carbons (Fsp3) is 0.480. The highest BCUT2D eigenvalue weighted by Crippen LogP contribution is 2.28. The molecule has 2 N–H and O–H groups in total. The second-order valence-electron chi connectivity index (χ2n) is 7.50. The van der Waals surface area contributed by atoms with E-state index in [2.05, 4.69) is 74.4 Å². The molecule has 0 spiro atoms. The molecule has 2 aromatic heterocycles. The van der Waals surface area contributed by atoms with Crippen molar-refractivity contribution in [2.75, 3.05) is 85.0 Å². The van der Waals surface area contributed by atoms with Gasteiger partial charge < -0.3 is 29.7 Å². The Kier molecular flexibility index (Phi) is 13.3. The Balaban J connectivity index is 0.000000332. The topological polar surface area (TPSA) is 98.9 Å². The molecular weight excluding hydrogens is 464 g/mol. The van der Waals surface area contributed by atoms with Gasteiger partial charge in [-0.1, -0.05) is 12.1 Å². The summed E-state index contributed by atoms with van der Waals surface area (Å²) in [5, 5.41) is 0. The number of likely N-dealkylation sites (N-methyl/N-ethyl adjacent to an activating group) is 1. The molecule has 4 heterocycles. The molecule has 0 bridgehead atoms. The van der Waals surface area contributed by atoms with Gasteiger partial charge in [-0.25, -0.2) is 9.97 Å². The van der Waals surface area contributed by atoms with Crippen molar-refractivity contribution in [2.24, 2.45) is 5.73 Å². The third-order valence-electron chi connectivity index (χ3n) is 5.39. The summed E-state index contributed by atoms with van der Waals surface area (Å²) >= 11 is 3.53. The number of benzene rings is 1. The van der Waals surface area contributed by atoms with Gasteiger partial charge in [-0.3, -0.25) is 4.98 Å². The highest BCUT2D eigenvalue weighted by molar-refractivity contribution is 7.79. The lowest BCUT2D eigenvalue weighted by Gasteiger charge is -2.28. The van der Waals surface area contributed by atoms with Crippen molar-refractivity contribution in [2.45, 2.75) is 0 Å². The molecule has 10 heteroatoms. The lowest BCUT2D eigenvalue weighted by molar-refractivity contribution is 0.0503. The molecule has 0 amide bonds. The smallest absolute Gasteiger partial charge is 0.242 e. The van der Waals surface area contributed by atoms with Gasteiger partial charge in [0.25, 0.3) is 0 Å². The monoisotopic (exact) mass is 502 g/mol. The number of anilines is 1. The number of nitrogens with zero attached hydrogens (tertiary/aromatic N) is 5. The Labute approximate surface area is 214 Å². The quantitative estimate of drug-likeness (QED) is 0.524. The van der Waals surface area contributed by atoms with Crippen LogP contribution in [0.15, 0.2) is 42.7 Å². The Morgan fingerprint density at radius 1 is 0.886 bits per heavy atom. The van der Waals surface area contributed by atoms with Gasteiger partial charge in [0.05, 0.1) is 44.7 Å². The van der Waals surface area contributed by atoms with Crippen LogP contribution in [0, 0.1) is 0 Å². The second-order valence-corrected chi connectivity index (χ2v) is 7.50. The van der Waals surface area contributed by atoms with Gasteiger partial charge in [-0.2, -0.15) is 12.6 Å². The minimum absolute atomic E-state index is 0.493. The molecule has 2 aliphatic rings. The Morgan fingerprint density at radius 2 is 1.46 bits per heavy atom. The largest absolute Gasteiger partial charge is 0.479 e. The zero-order valence-electron chi connectivity index (χ0n) is 21.2. The number of ether oxygens (including phenoxy) is 3. The molecule has 0 aliphatic carbocycles. The van der Waals surface area contributed by atoms with E-state index in [9.17, 15) is 0 Å². The average molecular weight is 503 g/mol. The van der Waals surface area contributed by atoms with Gasteiger partial charge in [0.2, 0.25) is 5.88 Å². The fourth-order valence-corrected chi connectivity index (χ4v) is 3.55. The van der Waals surface area contributed by atoms with Crippen LogP contribution >= 0.6 is 12.6 Å². The van der Waals surface area contributed by atoms with Gasteiger partial charge >= 0.3 is 0 Å². The molecule has 2 aliphatic heterocycles. The van der Waals surface area contributed by atoms with E-state index in [1.165, 1.54) is 12.7 Å². The van der Waals surface area contributed by atoms with Crippen LogP contribution in [0.2, 0.25) is 0 Å². The number of rotatable bonds is 3. The van der Waals surface area contributed by atoms with E-state index < -0.39 is 0 Å². The van der Waals surface area contributed by atoms with Crippen molar-refractivity contribution in [3.05, 3.63) is 42.7 Å². The fourth-order valence-electron chi connectivity index (χ4n) is 3.55. The van der Waals surface area contributed by atoms with Crippen LogP contribution in [0.25, 0.3) is 22.3 Å². The average Bonchev–Trinajstić information content (AvgIpc) is 2.96. The summed E-state index contributed by atoms with van der Waals surface area (Å²) in [6, 6.07) is 10.3. The minimum Gasteiger partial charge on any atom is -0.479 e. The predicted octanol–water partition coefficient (Wildman–Crippen LogP) is 2.61. The molecular formula is C25H38N6O3S. The minimum atomic E-state index is 0.493. The summed E-state index contributed by atoms with van der Waals surface area (Å²) < 4.78 is 15.9. The summed E-state index contributed by atoms with van der Waals surface area (Å²) in [4.78, 5) is 17.8. The maximum Gasteiger partial charge on any atom is 0.242 e. The van der Waals surface area contributed by atoms with Gasteiger partial charge in [-0.05, 0) is 38.6 Å². The van der Waals surface area contributed by atoms with Gasteiger partial charge in [0, 0.05) is 49.8 Å². The second kappa shape index (κ2) is 16.2. The molecule has 5 rings (SSSR count). The molecule has 2 saturated heterocycles. The molecule has 9 nitrogen and oxygen atoms in total. The van der Waals surface area contributed by atoms with E-state index in [0.29, 0.717) is 11.4 Å². The molecule has 0 radical (unpaired) electrons. The molecule has 1 aromatic carbocycles. The number of nitrogens with two attached hydrogens (primary N) is 1. The van der Waals surface area contributed by atoms with E-state index >= 15 is 0 Å². The van der Waals surface area contributed by atoms with Crippen molar-refractivity contribution in [1.29, 1.82) is 0 Å². The molecule has 35 heavy (non-hydrogen) atoms. The first-order chi connectivity index (χ1) is 17.2. The maximum atomic E-state index is 5.40. The van der Waals surface area contributed by atoms with E-state index in [1.807, 2.05) is 6.07 Å². The first-order valence-electron chi connectivity index (χ1n) is 11.6. The summed E-state index contributed by atoms with van der Waals surface area (Å²) in [5.74, 6) is 0.493. The van der Waals surface area contributed by atoms with Crippen LogP contribution < -0.4 is 15.4 Å². The van der Waals surface area contributed by atoms with Crippen molar-refractivity contribution in [1.82, 2.24) is 19.9 Å². The predicted molar refractivity (Wildman–Crippen MR) is 146 cm³/mol. The molecule has 2 fully saturated rings. The van der Waals surface area contributed by atoms with E-state index in [4.69, 9.17) is 14.2 Å². The number of aromatic nitrogens is 3. The lowest BCUT2D eigenvalue weighted by atomic mass is 10.1. The standard InChI is InChI=1S/C18H18N4O2.C5H11NO.CH5N.CH4S/c1-23-18-17-16(19-6-7-20-17)12-15(21-18)13-2-4-14(5-3-13)22-8-10-24-11-9-22;1-6-2-4-7-5-3-6;2*1-2/h2-7,12H,8-11H2,1H3;2-5H2,1H3;2H2,1H3;2H,1H3. The summed E-state index contributed by atoms with van der Waals surface area (Å²) in [6.45, 7) is 7.44. The van der Waals surface area contributed by atoms with Crippen molar-refractivity contribution in [3.8, 4) is 17.1 Å². The van der Waals surface area contributed by atoms with Crippen LogP contribution in [0.4, 0.5) is 5.69 Å². The molecule has 0 saturated carbocycles. The van der Waals surface area contributed by atoms with E-state index in [1.54, 1.807) is 25.8 Å². The molecule has 0 atom stereocenters. The van der Waals surface area contributed by atoms with Crippen molar-refractivity contribution >= 4 is 29.3 Å². The summed E-state index contributed by atoms with van der Waals surface area (Å²) in [6.07, 6.45) is 5.01. The van der Waals surface area contributed by atoms with Crippen LogP contribution in [0.3, 0.4) is 0 Å². The Hall–Kier alpha value is -2.50. The van der Waals surface area contributed by atoms with Crippen molar-refractivity contribution in [3.63, 3.8) is 0 Å². The summed E-state index contributed by atoms with van der Waals surface area (Å²) in [7, 11) is 5.21. The number of hydrogen-bond acceptors (Lipinski definition) is 10. The molecule has 0 unspecified atom stereocenters. The van der Waals surface area contributed by atoms with Gasteiger partial charge in [-0.15, -0.1) is 0 Å². The summed E-state index contributed by atoms with van der Waals surface area (Å²) in [5.41, 5.74) is 9.01. The third-order valence-corrected chi connectivity index (χ3v) is 5.39. The number of pyridine rings is 1. The van der Waals surface area contributed by atoms with Crippen molar-refractivity contribution < 1.29 is 14.2 Å². The zero-order valence-corrected chi connectivity index (χ0v) is 22.1. The van der Waals surface area contributed by atoms with Gasteiger partial charge in [0.15, 0.2) is 5.52 Å². The normalized spacial score (nSPS) is 15.5. The Morgan fingerprint density at radius 3 is 2.00 bits per heavy atom. The molecule has 192 valence electrons. The number of thiol groups is 1. The first kappa shape index (κ1) is 28.7. The van der Waals surface area contributed by atoms with E-state index in [0.717, 1.165) is 69.4 Å². The van der Waals surface area contributed by atoms with Gasteiger partial charge in [0.1, 0.15) is 0 Å². The molecule has 3 aromatic rings.